The Morgan fingerprint density at radius 3 is 1.16 bits per heavy atom. The lowest BCUT2D eigenvalue weighted by atomic mass is 9.76. The first-order valence-electron chi connectivity index (χ1n) is 11.1. The van der Waals surface area contributed by atoms with Gasteiger partial charge in [0.1, 0.15) is 5.75 Å². The molecule has 0 saturated carbocycles. The first-order chi connectivity index (χ1) is 15.1. The van der Waals surface area contributed by atoms with Gasteiger partial charge < -0.3 is 5.11 Å². The Kier molecular flexibility index (Phi) is 6.23. The minimum absolute atomic E-state index is 0.177. The predicted octanol–water partition coefficient (Wildman–Crippen LogP) is 7.85. The quantitative estimate of drug-likeness (QED) is 0.346. The van der Waals surface area contributed by atoms with Crippen LogP contribution in [0.3, 0.4) is 0 Å². The van der Waals surface area contributed by atoms with Gasteiger partial charge in [-0.05, 0) is 45.5 Å². The molecule has 0 spiro atoms. The summed E-state index contributed by atoms with van der Waals surface area (Å²) in [5.74, 6) is 0.899. The van der Waals surface area contributed by atoms with Gasteiger partial charge in [-0.2, -0.15) is 0 Å². The van der Waals surface area contributed by atoms with Crippen LogP contribution in [-0.4, -0.2) is 5.11 Å². The average Bonchev–Trinajstić information content (AvgIpc) is 2.83. The smallest absolute Gasteiger partial charge is 0.116 e. The zero-order valence-corrected chi connectivity index (χ0v) is 18.5. The lowest BCUT2D eigenvalue weighted by Crippen LogP contribution is -2.11. The zero-order chi connectivity index (χ0) is 21.8. The average molecular weight is 407 g/mol. The van der Waals surface area contributed by atoms with Gasteiger partial charge in [0, 0.05) is 17.8 Å². The topological polar surface area (TPSA) is 20.2 Å². The third-order valence-corrected chi connectivity index (χ3v) is 6.49. The molecule has 0 heterocycles. The second-order valence-electron chi connectivity index (χ2n) is 8.44. The number of hydrogen-bond donors (Lipinski definition) is 1. The Bertz CT molecular complexity index is 1050. The lowest BCUT2D eigenvalue weighted by Gasteiger charge is -2.28. The highest BCUT2D eigenvalue weighted by molar-refractivity contribution is 5.53. The maximum absolute atomic E-state index is 10.8. The Hall–Kier alpha value is -3.32. The summed E-state index contributed by atoms with van der Waals surface area (Å²) in [5, 5.41) is 10.8. The van der Waals surface area contributed by atoms with Crippen LogP contribution >= 0.6 is 0 Å². The van der Waals surface area contributed by atoms with Gasteiger partial charge in [-0.3, -0.25) is 0 Å². The van der Waals surface area contributed by atoms with Crippen molar-refractivity contribution in [3.05, 3.63) is 137 Å². The van der Waals surface area contributed by atoms with Crippen LogP contribution in [0.15, 0.2) is 103 Å². The van der Waals surface area contributed by atoms with Crippen molar-refractivity contribution in [3.63, 3.8) is 0 Å². The monoisotopic (exact) mass is 406 g/mol. The number of phenols is 1. The standard InChI is InChI=1S/C30H30O/c1-21(24-13-7-4-8-14-24)28-19-27(31)20-29(22(2)25-15-9-5-10-16-25)30(28)23(3)26-17-11-6-12-18-26/h4-23,31H,1-3H3. The van der Waals surface area contributed by atoms with Gasteiger partial charge in [-0.15, -0.1) is 0 Å². The van der Waals surface area contributed by atoms with E-state index in [1.807, 2.05) is 12.1 Å². The molecule has 0 aromatic heterocycles. The largest absolute Gasteiger partial charge is 0.508 e. The highest BCUT2D eigenvalue weighted by Crippen LogP contribution is 2.42. The van der Waals surface area contributed by atoms with E-state index in [2.05, 4.69) is 112 Å². The summed E-state index contributed by atoms with van der Waals surface area (Å²) in [6, 6.07) is 35.7. The molecule has 0 fully saturated rings. The molecule has 156 valence electrons. The number of phenolic OH excluding ortho intramolecular Hbond substituents is 1. The van der Waals surface area contributed by atoms with Crippen molar-refractivity contribution >= 4 is 0 Å². The molecule has 1 nitrogen and oxygen atoms in total. The molecule has 0 radical (unpaired) electrons. The predicted molar refractivity (Wildman–Crippen MR) is 130 cm³/mol. The van der Waals surface area contributed by atoms with E-state index in [9.17, 15) is 5.11 Å². The summed E-state index contributed by atoms with van der Waals surface area (Å²) >= 11 is 0. The van der Waals surface area contributed by atoms with Crippen LogP contribution in [0.1, 0.15) is 71.9 Å². The molecule has 4 aromatic carbocycles. The second kappa shape index (κ2) is 9.22. The van der Waals surface area contributed by atoms with Crippen molar-refractivity contribution in [1.82, 2.24) is 0 Å². The normalized spacial score (nSPS) is 14.0. The van der Waals surface area contributed by atoms with Gasteiger partial charge in [0.25, 0.3) is 0 Å². The maximum Gasteiger partial charge on any atom is 0.116 e. The molecule has 31 heavy (non-hydrogen) atoms. The highest BCUT2D eigenvalue weighted by Gasteiger charge is 2.25. The molecule has 0 saturated heterocycles. The van der Waals surface area contributed by atoms with E-state index in [0.29, 0.717) is 5.75 Å². The van der Waals surface area contributed by atoms with Crippen molar-refractivity contribution in [1.29, 1.82) is 0 Å². The van der Waals surface area contributed by atoms with Crippen LogP contribution < -0.4 is 0 Å². The third kappa shape index (κ3) is 4.41. The van der Waals surface area contributed by atoms with Crippen molar-refractivity contribution < 1.29 is 5.11 Å². The molecule has 4 aromatic rings. The molecule has 1 heteroatoms. The van der Waals surface area contributed by atoms with Crippen LogP contribution in [-0.2, 0) is 0 Å². The zero-order valence-electron chi connectivity index (χ0n) is 18.5. The second-order valence-corrected chi connectivity index (χ2v) is 8.44. The van der Waals surface area contributed by atoms with E-state index >= 15 is 0 Å². The van der Waals surface area contributed by atoms with Crippen molar-refractivity contribution in [3.8, 4) is 5.75 Å². The Morgan fingerprint density at radius 2 is 0.806 bits per heavy atom. The molecule has 0 aliphatic carbocycles. The van der Waals surface area contributed by atoms with Gasteiger partial charge in [0.2, 0.25) is 0 Å². The molecule has 3 unspecified atom stereocenters. The van der Waals surface area contributed by atoms with Crippen LogP contribution in [0.2, 0.25) is 0 Å². The van der Waals surface area contributed by atoms with Gasteiger partial charge in [-0.1, -0.05) is 112 Å². The lowest BCUT2D eigenvalue weighted by molar-refractivity contribution is 0.472. The van der Waals surface area contributed by atoms with Crippen molar-refractivity contribution in [2.24, 2.45) is 0 Å². The first kappa shape index (κ1) is 20.9. The third-order valence-electron chi connectivity index (χ3n) is 6.49. The maximum atomic E-state index is 10.8. The van der Waals surface area contributed by atoms with E-state index in [4.69, 9.17) is 0 Å². The minimum Gasteiger partial charge on any atom is -0.508 e. The van der Waals surface area contributed by atoms with Gasteiger partial charge in [0.05, 0.1) is 0 Å². The molecular weight excluding hydrogens is 376 g/mol. The van der Waals surface area contributed by atoms with Crippen LogP contribution in [0.25, 0.3) is 0 Å². The molecule has 0 amide bonds. The SMILES string of the molecule is CC(c1ccccc1)c1cc(O)cc(C(C)c2ccccc2)c1C(C)c1ccccc1. The van der Waals surface area contributed by atoms with Gasteiger partial charge in [-0.25, -0.2) is 0 Å². The Labute approximate surface area is 186 Å². The molecule has 4 rings (SSSR count). The van der Waals surface area contributed by atoms with Gasteiger partial charge >= 0.3 is 0 Å². The molecule has 1 N–H and O–H groups in total. The van der Waals surface area contributed by atoms with E-state index in [0.717, 1.165) is 0 Å². The molecular formula is C30H30O. The molecule has 3 atom stereocenters. The van der Waals surface area contributed by atoms with Gasteiger partial charge in [0.15, 0.2) is 0 Å². The fourth-order valence-corrected chi connectivity index (χ4v) is 4.65. The summed E-state index contributed by atoms with van der Waals surface area (Å²) < 4.78 is 0. The number of rotatable bonds is 6. The molecule has 0 aliphatic rings. The number of hydrogen-bond acceptors (Lipinski definition) is 1. The van der Waals surface area contributed by atoms with E-state index in [1.165, 1.54) is 33.4 Å². The molecule has 0 aliphatic heterocycles. The Balaban J connectivity index is 1.93. The highest BCUT2D eigenvalue weighted by atomic mass is 16.3. The van der Waals surface area contributed by atoms with E-state index < -0.39 is 0 Å². The summed E-state index contributed by atoms with van der Waals surface area (Å²) in [4.78, 5) is 0. The number of aromatic hydroxyl groups is 1. The van der Waals surface area contributed by atoms with Crippen LogP contribution in [0, 0.1) is 0 Å². The molecule has 0 bridgehead atoms. The number of benzene rings is 4. The van der Waals surface area contributed by atoms with Crippen LogP contribution in [0.5, 0.6) is 5.75 Å². The summed E-state index contributed by atoms with van der Waals surface area (Å²) in [7, 11) is 0. The Morgan fingerprint density at radius 1 is 0.484 bits per heavy atom. The summed E-state index contributed by atoms with van der Waals surface area (Å²) in [5.41, 5.74) is 7.51. The van der Waals surface area contributed by atoms with Crippen molar-refractivity contribution in [2.75, 3.05) is 0 Å². The van der Waals surface area contributed by atoms with Crippen LogP contribution in [0.4, 0.5) is 0 Å². The summed E-state index contributed by atoms with van der Waals surface area (Å²) in [6.07, 6.45) is 0. The van der Waals surface area contributed by atoms with Crippen molar-refractivity contribution in [2.45, 2.75) is 38.5 Å². The first-order valence-corrected chi connectivity index (χ1v) is 11.1. The fraction of sp³-hybridized carbons (Fsp3) is 0.200. The van der Waals surface area contributed by atoms with E-state index in [-0.39, 0.29) is 17.8 Å². The fourth-order valence-electron chi connectivity index (χ4n) is 4.65. The summed E-state index contributed by atoms with van der Waals surface area (Å²) in [6.45, 7) is 6.76. The minimum atomic E-state index is 0.177. The van der Waals surface area contributed by atoms with E-state index in [1.54, 1.807) is 0 Å².